The molecule has 152 valence electrons. The fourth-order valence-electron chi connectivity index (χ4n) is 3.39. The van der Waals surface area contributed by atoms with Gasteiger partial charge >= 0.3 is 5.97 Å². The van der Waals surface area contributed by atoms with E-state index in [4.69, 9.17) is 0 Å². The van der Waals surface area contributed by atoms with Gasteiger partial charge in [-0.25, -0.2) is 21.6 Å². The van der Waals surface area contributed by atoms with Crippen molar-refractivity contribution in [2.45, 2.75) is 31.2 Å². The van der Waals surface area contributed by atoms with Gasteiger partial charge in [-0.05, 0) is 38.5 Å². The Hall–Kier alpha value is -2.40. The molecular formula is C17H21N3O6S2. The van der Waals surface area contributed by atoms with Crippen molar-refractivity contribution >= 4 is 31.5 Å². The Morgan fingerprint density at radius 3 is 2.64 bits per heavy atom. The Labute approximate surface area is 163 Å². The number of methoxy groups -OCH3 is 1. The van der Waals surface area contributed by atoms with E-state index in [1.807, 2.05) is 0 Å². The van der Waals surface area contributed by atoms with E-state index in [2.05, 4.69) is 14.6 Å². The third-order valence-electron chi connectivity index (χ3n) is 4.62. The largest absolute Gasteiger partial charge is 0.465 e. The summed E-state index contributed by atoms with van der Waals surface area (Å²) < 4.78 is 58.0. The van der Waals surface area contributed by atoms with E-state index in [9.17, 15) is 21.6 Å². The zero-order valence-corrected chi connectivity index (χ0v) is 17.3. The molecule has 1 N–H and O–H groups in total. The number of carbonyl (C=O) groups is 1. The number of esters is 1. The molecule has 1 saturated heterocycles. The van der Waals surface area contributed by atoms with Gasteiger partial charge in [0.15, 0.2) is 9.84 Å². The van der Waals surface area contributed by atoms with Gasteiger partial charge in [-0.3, -0.25) is 9.40 Å². The molecule has 1 aromatic carbocycles. The number of aromatic nitrogens is 2. The van der Waals surface area contributed by atoms with Crippen LogP contribution in [0.4, 0.5) is 5.69 Å². The minimum atomic E-state index is -4.00. The van der Waals surface area contributed by atoms with Gasteiger partial charge in [0.05, 0.1) is 41.6 Å². The van der Waals surface area contributed by atoms with Gasteiger partial charge < -0.3 is 4.74 Å². The molecule has 1 atom stereocenters. The molecule has 1 aromatic heterocycles. The molecule has 1 aliphatic heterocycles. The fraction of sp³-hybridized carbons (Fsp3) is 0.412. The van der Waals surface area contributed by atoms with Crippen LogP contribution in [-0.2, 0) is 24.6 Å². The van der Waals surface area contributed by atoms with Gasteiger partial charge in [0.1, 0.15) is 4.90 Å². The average Bonchev–Trinajstić information content (AvgIpc) is 3.12. The Morgan fingerprint density at radius 2 is 2.04 bits per heavy atom. The summed E-state index contributed by atoms with van der Waals surface area (Å²) in [4.78, 5) is 11.7. The number of carbonyl (C=O) groups excluding carboxylic acids is 1. The van der Waals surface area contributed by atoms with Crippen LogP contribution in [0.5, 0.6) is 0 Å². The first kappa shape index (κ1) is 20.3. The highest BCUT2D eigenvalue weighted by Gasteiger charge is 2.33. The van der Waals surface area contributed by atoms with Gasteiger partial charge in [0, 0.05) is 5.69 Å². The summed E-state index contributed by atoms with van der Waals surface area (Å²) in [5, 5.41) is 4.28. The zero-order chi connectivity index (χ0) is 20.7. The molecule has 2 aromatic rings. The number of anilines is 1. The molecule has 2 heterocycles. The number of sulfonamides is 1. The molecule has 28 heavy (non-hydrogen) atoms. The molecule has 0 aliphatic carbocycles. The lowest BCUT2D eigenvalue weighted by Gasteiger charge is -2.12. The normalized spacial score (nSPS) is 18.8. The average molecular weight is 428 g/mol. The minimum Gasteiger partial charge on any atom is -0.465 e. The number of hydrogen-bond acceptors (Lipinski definition) is 7. The molecule has 0 saturated carbocycles. The quantitative estimate of drug-likeness (QED) is 0.716. The van der Waals surface area contributed by atoms with Crippen LogP contribution >= 0.6 is 0 Å². The summed E-state index contributed by atoms with van der Waals surface area (Å²) >= 11 is 0. The van der Waals surface area contributed by atoms with Crippen molar-refractivity contribution in [3.05, 3.63) is 41.2 Å². The first-order valence-electron chi connectivity index (χ1n) is 8.51. The molecular weight excluding hydrogens is 406 g/mol. The smallest absolute Gasteiger partial charge is 0.337 e. The number of sulfone groups is 1. The van der Waals surface area contributed by atoms with Crippen molar-refractivity contribution in [3.63, 3.8) is 0 Å². The standard InChI is InChI=1S/C17H21N3O6S2/c1-11-16(12(2)20(18-11)15-7-8-27(22,23)10-15)28(24,25)19-14-6-4-5-13(9-14)17(21)26-3/h4-6,9,15,19H,7-8,10H2,1-3H3. The van der Waals surface area contributed by atoms with Gasteiger partial charge in [0.25, 0.3) is 10.0 Å². The fourth-order valence-corrected chi connectivity index (χ4v) is 6.54. The lowest BCUT2D eigenvalue weighted by Crippen LogP contribution is -2.17. The second-order valence-electron chi connectivity index (χ2n) is 6.68. The number of nitrogens with one attached hydrogen (secondary N) is 1. The molecule has 1 aliphatic rings. The van der Waals surface area contributed by atoms with Crippen molar-refractivity contribution in [2.75, 3.05) is 23.3 Å². The summed E-state index contributed by atoms with van der Waals surface area (Å²) in [6.07, 6.45) is 0.401. The van der Waals surface area contributed by atoms with E-state index in [0.717, 1.165) is 0 Å². The SMILES string of the molecule is COC(=O)c1cccc(NS(=O)(=O)c2c(C)nn(C3CCS(=O)(=O)C3)c2C)c1. The molecule has 3 rings (SSSR count). The van der Waals surface area contributed by atoms with Gasteiger partial charge in [-0.2, -0.15) is 5.10 Å². The highest BCUT2D eigenvalue weighted by Crippen LogP contribution is 2.29. The minimum absolute atomic E-state index is 0.000249. The highest BCUT2D eigenvalue weighted by molar-refractivity contribution is 7.92. The summed E-state index contributed by atoms with van der Waals surface area (Å²) in [5.74, 6) is -0.566. The second-order valence-corrected chi connectivity index (χ2v) is 10.5. The Kier molecular flexibility index (Phi) is 5.24. The predicted octanol–water partition coefficient (Wildman–Crippen LogP) is 1.45. The molecule has 1 unspecified atom stereocenters. The van der Waals surface area contributed by atoms with E-state index in [1.165, 1.54) is 36.1 Å². The molecule has 0 bridgehead atoms. The third kappa shape index (κ3) is 3.90. The molecule has 11 heteroatoms. The van der Waals surface area contributed by atoms with Crippen LogP contribution < -0.4 is 4.72 Å². The zero-order valence-electron chi connectivity index (χ0n) is 15.7. The summed E-state index contributed by atoms with van der Waals surface area (Å²) in [5.41, 5.74) is 1.07. The van der Waals surface area contributed by atoms with Crippen molar-refractivity contribution in [1.82, 2.24) is 9.78 Å². The van der Waals surface area contributed by atoms with E-state index in [-0.39, 0.29) is 39.4 Å². The van der Waals surface area contributed by atoms with Crippen LogP contribution in [0.1, 0.15) is 34.2 Å². The maximum absolute atomic E-state index is 13.0. The van der Waals surface area contributed by atoms with Crippen molar-refractivity contribution in [1.29, 1.82) is 0 Å². The predicted molar refractivity (Wildman–Crippen MR) is 103 cm³/mol. The number of benzene rings is 1. The van der Waals surface area contributed by atoms with Crippen LogP contribution in [0, 0.1) is 13.8 Å². The van der Waals surface area contributed by atoms with Crippen molar-refractivity contribution in [2.24, 2.45) is 0 Å². The topological polar surface area (TPSA) is 124 Å². The monoisotopic (exact) mass is 427 g/mol. The number of aryl methyl sites for hydroxylation is 1. The highest BCUT2D eigenvalue weighted by atomic mass is 32.2. The van der Waals surface area contributed by atoms with Gasteiger partial charge in [0.2, 0.25) is 0 Å². The van der Waals surface area contributed by atoms with Crippen molar-refractivity contribution in [3.8, 4) is 0 Å². The molecule has 0 radical (unpaired) electrons. The maximum atomic E-state index is 13.0. The molecule has 0 amide bonds. The van der Waals surface area contributed by atoms with Crippen LogP contribution in [-0.4, -0.2) is 51.2 Å². The summed E-state index contributed by atoms with van der Waals surface area (Å²) in [7, 11) is -5.89. The number of rotatable bonds is 5. The Bertz CT molecular complexity index is 1140. The van der Waals surface area contributed by atoms with Crippen LogP contribution in [0.2, 0.25) is 0 Å². The lowest BCUT2D eigenvalue weighted by molar-refractivity contribution is 0.0600. The van der Waals surface area contributed by atoms with E-state index < -0.39 is 25.8 Å². The van der Waals surface area contributed by atoms with Crippen LogP contribution in [0.3, 0.4) is 0 Å². The van der Waals surface area contributed by atoms with Crippen LogP contribution in [0.25, 0.3) is 0 Å². The number of nitrogens with zero attached hydrogens (tertiary/aromatic N) is 2. The molecule has 1 fully saturated rings. The Morgan fingerprint density at radius 1 is 1.32 bits per heavy atom. The first-order chi connectivity index (χ1) is 13.0. The van der Waals surface area contributed by atoms with Gasteiger partial charge in [-0.15, -0.1) is 0 Å². The molecule has 0 spiro atoms. The number of hydrogen-bond donors (Lipinski definition) is 1. The summed E-state index contributed by atoms with van der Waals surface area (Å²) in [6, 6.07) is 5.57. The van der Waals surface area contributed by atoms with Gasteiger partial charge in [-0.1, -0.05) is 6.07 Å². The summed E-state index contributed by atoms with van der Waals surface area (Å²) in [6.45, 7) is 3.16. The van der Waals surface area contributed by atoms with Crippen LogP contribution in [0.15, 0.2) is 29.2 Å². The lowest BCUT2D eigenvalue weighted by atomic mass is 10.2. The van der Waals surface area contributed by atoms with E-state index in [0.29, 0.717) is 12.1 Å². The third-order valence-corrected chi connectivity index (χ3v) is 8.00. The Balaban J connectivity index is 1.94. The second kappa shape index (κ2) is 7.21. The van der Waals surface area contributed by atoms with Crippen molar-refractivity contribution < 1.29 is 26.4 Å². The number of ether oxygens (including phenoxy) is 1. The van der Waals surface area contributed by atoms with E-state index in [1.54, 1.807) is 13.8 Å². The molecule has 9 nitrogen and oxygen atoms in total. The first-order valence-corrected chi connectivity index (χ1v) is 11.8. The maximum Gasteiger partial charge on any atom is 0.337 e. The van der Waals surface area contributed by atoms with E-state index >= 15 is 0 Å².